The first-order valence-corrected chi connectivity index (χ1v) is 8.11. The topological polar surface area (TPSA) is 60.2 Å². The molecule has 1 fully saturated rings. The van der Waals surface area contributed by atoms with Crippen LogP contribution in [0.3, 0.4) is 0 Å². The Hall–Kier alpha value is -0.390. The molecule has 0 saturated heterocycles. The van der Waals surface area contributed by atoms with Crippen LogP contribution in [0.25, 0.3) is 0 Å². The predicted molar refractivity (Wildman–Crippen MR) is 71.6 cm³/mol. The first-order chi connectivity index (χ1) is 8.01. The Balaban J connectivity index is 2.35. The van der Waals surface area contributed by atoms with Crippen LogP contribution < -0.4 is 5.73 Å². The van der Waals surface area contributed by atoms with E-state index < -0.39 is 15.1 Å². The van der Waals surface area contributed by atoms with Crippen LogP contribution in [0.5, 0.6) is 0 Å². The summed E-state index contributed by atoms with van der Waals surface area (Å²) in [5, 5.41) is -0.425. The molecule has 3 nitrogen and oxygen atoms in total. The Bertz CT molecular complexity index is 501. The zero-order chi connectivity index (χ0) is 12.5. The van der Waals surface area contributed by atoms with Crippen molar-refractivity contribution in [2.75, 3.05) is 0 Å². The van der Waals surface area contributed by atoms with Gasteiger partial charge in [0.05, 0.1) is 10.1 Å². The van der Waals surface area contributed by atoms with E-state index >= 15 is 0 Å². The van der Waals surface area contributed by atoms with E-state index in [0.29, 0.717) is 11.3 Å². The van der Waals surface area contributed by atoms with Crippen LogP contribution in [-0.2, 0) is 9.84 Å². The lowest BCUT2D eigenvalue weighted by Gasteiger charge is -2.28. The highest BCUT2D eigenvalue weighted by Crippen LogP contribution is 2.29. The summed E-state index contributed by atoms with van der Waals surface area (Å²) in [5.41, 5.74) is 5.95. The van der Waals surface area contributed by atoms with Crippen molar-refractivity contribution in [1.29, 1.82) is 0 Å². The van der Waals surface area contributed by atoms with Crippen molar-refractivity contribution >= 4 is 25.8 Å². The van der Waals surface area contributed by atoms with Crippen molar-refractivity contribution < 1.29 is 8.42 Å². The van der Waals surface area contributed by atoms with Crippen molar-refractivity contribution in [1.82, 2.24) is 0 Å². The Labute approximate surface area is 110 Å². The molecule has 2 N–H and O–H groups in total. The maximum absolute atomic E-state index is 12.4. The zero-order valence-corrected chi connectivity index (χ0v) is 11.9. The molecule has 1 aromatic rings. The number of halogens is 1. The number of rotatable bonds is 2. The maximum atomic E-state index is 12.4. The van der Waals surface area contributed by atoms with Crippen LogP contribution in [0.4, 0.5) is 0 Å². The molecule has 2 rings (SSSR count). The van der Waals surface area contributed by atoms with Crippen molar-refractivity contribution in [3.05, 3.63) is 28.7 Å². The molecular formula is C12H16BrNO2S. The van der Waals surface area contributed by atoms with Crippen LogP contribution in [0.1, 0.15) is 25.7 Å². The molecule has 0 radical (unpaired) electrons. The van der Waals surface area contributed by atoms with Crippen molar-refractivity contribution in [3.8, 4) is 0 Å². The summed E-state index contributed by atoms with van der Waals surface area (Å²) < 4.78 is 25.7. The highest BCUT2D eigenvalue weighted by atomic mass is 79.9. The Morgan fingerprint density at radius 1 is 1.24 bits per heavy atom. The first-order valence-electron chi connectivity index (χ1n) is 5.77. The first kappa shape index (κ1) is 13.1. The molecule has 1 aliphatic carbocycles. The highest BCUT2D eigenvalue weighted by molar-refractivity contribution is 9.10. The fraction of sp³-hybridized carbons (Fsp3) is 0.500. The number of nitrogens with two attached hydrogens (primary N) is 1. The van der Waals surface area contributed by atoms with Crippen LogP contribution in [0, 0.1) is 0 Å². The summed E-state index contributed by atoms with van der Waals surface area (Å²) in [7, 11) is -3.29. The van der Waals surface area contributed by atoms with E-state index in [1.165, 1.54) is 0 Å². The molecule has 2 unspecified atom stereocenters. The quantitative estimate of drug-likeness (QED) is 0.911. The predicted octanol–water partition coefficient (Wildman–Crippen LogP) is 2.49. The molecule has 0 aromatic heterocycles. The van der Waals surface area contributed by atoms with Gasteiger partial charge in [0.2, 0.25) is 0 Å². The molecule has 17 heavy (non-hydrogen) atoms. The van der Waals surface area contributed by atoms with Gasteiger partial charge in [0.25, 0.3) is 0 Å². The summed E-state index contributed by atoms with van der Waals surface area (Å²) in [6.07, 6.45) is 3.46. The third-order valence-electron chi connectivity index (χ3n) is 3.28. The molecule has 2 atom stereocenters. The molecular weight excluding hydrogens is 302 g/mol. The van der Waals surface area contributed by atoms with Gasteiger partial charge in [0.1, 0.15) is 0 Å². The van der Waals surface area contributed by atoms with Crippen LogP contribution in [0.2, 0.25) is 0 Å². The third kappa shape index (κ3) is 2.72. The average Bonchev–Trinajstić information content (AvgIpc) is 2.29. The lowest BCUT2D eigenvalue weighted by Crippen LogP contribution is -2.42. The molecule has 0 amide bonds. The van der Waals surface area contributed by atoms with E-state index in [2.05, 4.69) is 15.9 Å². The summed E-state index contributed by atoms with van der Waals surface area (Å²) in [5.74, 6) is 0. The van der Waals surface area contributed by atoms with Gasteiger partial charge in [-0.05, 0) is 31.0 Å². The third-order valence-corrected chi connectivity index (χ3v) is 6.06. The molecule has 94 valence electrons. The number of benzene rings is 1. The highest BCUT2D eigenvalue weighted by Gasteiger charge is 2.34. The van der Waals surface area contributed by atoms with Crippen molar-refractivity contribution in [2.24, 2.45) is 5.73 Å². The summed E-state index contributed by atoms with van der Waals surface area (Å²) in [6.45, 7) is 0. The van der Waals surface area contributed by atoms with Crippen LogP contribution in [-0.4, -0.2) is 19.7 Å². The molecule has 0 spiro atoms. The van der Waals surface area contributed by atoms with E-state index in [1.54, 1.807) is 18.2 Å². The standard InChI is InChI=1S/C12H16BrNO2S/c13-9-4-3-5-10(8-9)17(15,16)12-7-2-1-6-11(12)14/h3-5,8,11-12H,1-2,6-7,14H2. The van der Waals surface area contributed by atoms with Crippen LogP contribution in [0.15, 0.2) is 33.6 Å². The lowest BCUT2D eigenvalue weighted by molar-refractivity contribution is 0.432. The fourth-order valence-electron chi connectivity index (χ4n) is 2.33. The van der Waals surface area contributed by atoms with Gasteiger partial charge in [-0.2, -0.15) is 0 Å². The van der Waals surface area contributed by atoms with E-state index in [9.17, 15) is 8.42 Å². The van der Waals surface area contributed by atoms with Gasteiger partial charge in [0.15, 0.2) is 9.84 Å². The Morgan fingerprint density at radius 2 is 1.94 bits per heavy atom. The van der Waals surface area contributed by atoms with Crippen molar-refractivity contribution in [3.63, 3.8) is 0 Å². The minimum atomic E-state index is -3.29. The second-order valence-corrected chi connectivity index (χ2v) is 7.57. The van der Waals surface area contributed by atoms with Crippen LogP contribution >= 0.6 is 15.9 Å². The molecule has 1 saturated carbocycles. The Morgan fingerprint density at radius 3 is 2.59 bits per heavy atom. The number of hydrogen-bond acceptors (Lipinski definition) is 3. The molecule has 5 heteroatoms. The van der Waals surface area contributed by atoms with Gasteiger partial charge in [-0.1, -0.05) is 34.8 Å². The number of sulfone groups is 1. The van der Waals surface area contributed by atoms with Gasteiger partial charge in [0, 0.05) is 10.5 Å². The minimum Gasteiger partial charge on any atom is -0.327 e. The largest absolute Gasteiger partial charge is 0.327 e. The molecule has 0 bridgehead atoms. The van der Waals surface area contributed by atoms with Gasteiger partial charge in [-0.25, -0.2) is 8.42 Å². The molecule has 1 aromatic carbocycles. The Kier molecular flexibility index (Phi) is 3.90. The SMILES string of the molecule is NC1CCCCC1S(=O)(=O)c1cccc(Br)c1. The smallest absolute Gasteiger partial charge is 0.182 e. The van der Waals surface area contributed by atoms with Crippen molar-refractivity contribution in [2.45, 2.75) is 41.9 Å². The minimum absolute atomic E-state index is 0.229. The second-order valence-electron chi connectivity index (χ2n) is 4.49. The second kappa shape index (κ2) is 5.08. The van der Waals surface area contributed by atoms with E-state index in [1.807, 2.05) is 6.07 Å². The van der Waals surface area contributed by atoms with E-state index in [-0.39, 0.29) is 6.04 Å². The summed E-state index contributed by atoms with van der Waals surface area (Å²) in [4.78, 5) is 0.370. The molecule has 0 heterocycles. The van der Waals surface area contributed by atoms with E-state index in [4.69, 9.17) is 5.73 Å². The molecule has 1 aliphatic rings. The zero-order valence-electron chi connectivity index (χ0n) is 9.47. The summed E-state index contributed by atoms with van der Waals surface area (Å²) in [6, 6.07) is 6.62. The lowest BCUT2D eigenvalue weighted by atomic mass is 9.96. The summed E-state index contributed by atoms with van der Waals surface area (Å²) >= 11 is 3.30. The van der Waals surface area contributed by atoms with Gasteiger partial charge < -0.3 is 5.73 Å². The molecule has 0 aliphatic heterocycles. The van der Waals surface area contributed by atoms with E-state index in [0.717, 1.165) is 23.7 Å². The van der Waals surface area contributed by atoms with Gasteiger partial charge in [-0.15, -0.1) is 0 Å². The fourth-order valence-corrected chi connectivity index (χ4v) is 4.86. The van der Waals surface area contributed by atoms with Gasteiger partial charge >= 0.3 is 0 Å². The monoisotopic (exact) mass is 317 g/mol. The maximum Gasteiger partial charge on any atom is 0.182 e. The number of hydrogen-bond donors (Lipinski definition) is 1. The normalized spacial score (nSPS) is 25.8. The van der Waals surface area contributed by atoms with Gasteiger partial charge in [-0.3, -0.25) is 0 Å². The average molecular weight is 318 g/mol.